The van der Waals surface area contributed by atoms with E-state index in [0.29, 0.717) is 12.7 Å². The van der Waals surface area contributed by atoms with Crippen molar-refractivity contribution in [1.82, 2.24) is 15.3 Å². The zero-order chi connectivity index (χ0) is 18.3. The summed E-state index contributed by atoms with van der Waals surface area (Å²) in [6, 6.07) is 8.49. The number of nitrogens with one attached hydrogen (secondary N) is 1. The van der Waals surface area contributed by atoms with Crippen LogP contribution in [0.3, 0.4) is 0 Å². The summed E-state index contributed by atoms with van der Waals surface area (Å²) in [6.07, 6.45) is 4.70. The van der Waals surface area contributed by atoms with E-state index in [2.05, 4.69) is 15.3 Å². The molecule has 0 radical (unpaired) electrons. The number of aromatic nitrogens is 2. The number of amides is 1. The second-order valence-corrected chi connectivity index (χ2v) is 5.78. The SMILES string of the molecule is CS/C=C/CNC(=O)c1cnc(C(C)(F)F)nc1Oc1ccccc1. The van der Waals surface area contributed by atoms with Gasteiger partial charge in [0.1, 0.15) is 11.3 Å². The number of thioether (sulfide) groups is 1. The van der Waals surface area contributed by atoms with E-state index in [9.17, 15) is 13.6 Å². The zero-order valence-electron chi connectivity index (χ0n) is 13.7. The first-order chi connectivity index (χ1) is 11.9. The van der Waals surface area contributed by atoms with Crippen LogP contribution in [-0.2, 0) is 5.92 Å². The first kappa shape index (κ1) is 18.9. The minimum absolute atomic E-state index is 0.0191. The highest BCUT2D eigenvalue weighted by atomic mass is 32.2. The van der Waals surface area contributed by atoms with E-state index >= 15 is 0 Å². The molecule has 2 rings (SSSR count). The summed E-state index contributed by atoms with van der Waals surface area (Å²) >= 11 is 1.49. The van der Waals surface area contributed by atoms with Gasteiger partial charge in [-0.15, -0.1) is 11.8 Å². The largest absolute Gasteiger partial charge is 0.438 e. The molecule has 1 aromatic carbocycles. The minimum atomic E-state index is -3.25. The lowest BCUT2D eigenvalue weighted by atomic mass is 10.2. The van der Waals surface area contributed by atoms with Gasteiger partial charge in [0.05, 0.1) is 0 Å². The summed E-state index contributed by atoms with van der Waals surface area (Å²) in [5.41, 5.74) is -0.0191. The predicted molar refractivity (Wildman–Crippen MR) is 93.1 cm³/mol. The molecule has 0 atom stereocenters. The van der Waals surface area contributed by atoms with Gasteiger partial charge >= 0.3 is 5.92 Å². The molecule has 1 aromatic heterocycles. The number of benzene rings is 1. The summed E-state index contributed by atoms with van der Waals surface area (Å²) in [7, 11) is 0. The fourth-order valence-electron chi connectivity index (χ4n) is 1.80. The monoisotopic (exact) mass is 365 g/mol. The van der Waals surface area contributed by atoms with Crippen LogP contribution in [0.15, 0.2) is 48.0 Å². The van der Waals surface area contributed by atoms with Gasteiger partial charge in [-0.05, 0) is 23.8 Å². The smallest absolute Gasteiger partial charge is 0.303 e. The van der Waals surface area contributed by atoms with E-state index in [1.165, 1.54) is 11.8 Å². The van der Waals surface area contributed by atoms with Crippen LogP contribution >= 0.6 is 11.8 Å². The van der Waals surface area contributed by atoms with Gasteiger partial charge in [-0.3, -0.25) is 4.79 Å². The van der Waals surface area contributed by atoms with Crippen molar-refractivity contribution in [2.24, 2.45) is 0 Å². The predicted octanol–water partition coefficient (Wildman–Crippen LogP) is 3.99. The van der Waals surface area contributed by atoms with Crippen molar-refractivity contribution >= 4 is 17.7 Å². The minimum Gasteiger partial charge on any atom is -0.438 e. The summed E-state index contributed by atoms with van der Waals surface area (Å²) in [5.74, 6) is -4.31. The van der Waals surface area contributed by atoms with Crippen LogP contribution in [0.25, 0.3) is 0 Å². The Kier molecular flexibility index (Phi) is 6.46. The molecule has 0 aliphatic carbocycles. The van der Waals surface area contributed by atoms with Crippen molar-refractivity contribution in [3.8, 4) is 11.6 Å². The van der Waals surface area contributed by atoms with Crippen molar-refractivity contribution in [1.29, 1.82) is 0 Å². The lowest BCUT2D eigenvalue weighted by molar-refractivity contribution is 0.00708. The fourth-order valence-corrected chi connectivity index (χ4v) is 2.09. The molecular weight excluding hydrogens is 348 g/mol. The van der Waals surface area contributed by atoms with Gasteiger partial charge in [0, 0.05) is 19.7 Å². The highest BCUT2D eigenvalue weighted by Gasteiger charge is 2.30. The highest BCUT2D eigenvalue weighted by Crippen LogP contribution is 2.28. The van der Waals surface area contributed by atoms with Crippen molar-refractivity contribution in [3.05, 3.63) is 59.4 Å². The molecular formula is C17H17F2N3O2S. The molecule has 8 heteroatoms. The molecule has 1 N–H and O–H groups in total. The normalized spacial score (nSPS) is 11.5. The number of ether oxygens (including phenoxy) is 1. The Labute approximate surface area is 148 Å². The standard InChI is InChI=1S/C17H17F2N3O2S/c1-17(18,19)16-21-11-13(14(23)20-9-6-10-25-2)15(22-16)24-12-7-4-3-5-8-12/h3-8,10-11H,9H2,1-2H3,(H,20,23)/b10-6+. The molecule has 0 bridgehead atoms. The van der Waals surface area contributed by atoms with Gasteiger partial charge in [-0.25, -0.2) is 4.98 Å². The number of alkyl halides is 2. The molecule has 5 nitrogen and oxygen atoms in total. The maximum Gasteiger partial charge on any atom is 0.303 e. The Morgan fingerprint density at radius 3 is 2.72 bits per heavy atom. The second-order valence-electron chi connectivity index (χ2n) is 5.03. The van der Waals surface area contributed by atoms with Gasteiger partial charge in [-0.1, -0.05) is 24.3 Å². The molecule has 0 saturated carbocycles. The number of carbonyl (C=O) groups is 1. The molecule has 0 aliphatic heterocycles. The molecule has 1 amide bonds. The van der Waals surface area contributed by atoms with E-state index in [1.807, 2.05) is 11.7 Å². The number of nitrogens with zero attached hydrogens (tertiary/aromatic N) is 2. The zero-order valence-corrected chi connectivity index (χ0v) is 14.5. The van der Waals surface area contributed by atoms with Crippen molar-refractivity contribution in [2.75, 3.05) is 12.8 Å². The fraction of sp³-hybridized carbons (Fsp3) is 0.235. The third-order valence-corrected chi connectivity index (χ3v) is 3.43. The molecule has 25 heavy (non-hydrogen) atoms. The van der Waals surface area contributed by atoms with Crippen molar-refractivity contribution < 1.29 is 18.3 Å². The van der Waals surface area contributed by atoms with Gasteiger partial charge in [0.2, 0.25) is 11.7 Å². The molecule has 2 aromatic rings. The maximum atomic E-state index is 13.5. The average molecular weight is 365 g/mol. The van der Waals surface area contributed by atoms with Gasteiger partial charge in [0.15, 0.2) is 0 Å². The van der Waals surface area contributed by atoms with Crippen LogP contribution in [0.4, 0.5) is 8.78 Å². The molecule has 132 valence electrons. The van der Waals surface area contributed by atoms with Crippen LogP contribution in [0.2, 0.25) is 0 Å². The Hall–Kier alpha value is -2.48. The Morgan fingerprint density at radius 1 is 1.36 bits per heavy atom. The van der Waals surface area contributed by atoms with E-state index in [-0.39, 0.29) is 18.0 Å². The Balaban J connectivity index is 2.30. The van der Waals surface area contributed by atoms with Crippen LogP contribution in [0.1, 0.15) is 23.1 Å². The summed E-state index contributed by atoms with van der Waals surface area (Å²) in [6.45, 7) is 0.970. The van der Waals surface area contributed by atoms with Gasteiger partial charge in [0.25, 0.3) is 5.91 Å². The maximum absolute atomic E-state index is 13.5. The second kappa shape index (κ2) is 8.57. The molecule has 0 saturated heterocycles. The van der Waals surface area contributed by atoms with Crippen LogP contribution < -0.4 is 10.1 Å². The van der Waals surface area contributed by atoms with E-state index in [4.69, 9.17) is 4.74 Å². The molecule has 0 aliphatic rings. The molecule has 0 spiro atoms. The molecule has 0 unspecified atom stereocenters. The number of hydrogen-bond donors (Lipinski definition) is 1. The van der Waals surface area contributed by atoms with E-state index in [1.54, 1.807) is 36.4 Å². The van der Waals surface area contributed by atoms with E-state index in [0.717, 1.165) is 6.20 Å². The number of hydrogen-bond acceptors (Lipinski definition) is 5. The lowest BCUT2D eigenvalue weighted by Crippen LogP contribution is -2.25. The lowest BCUT2D eigenvalue weighted by Gasteiger charge is -2.13. The van der Waals surface area contributed by atoms with Crippen LogP contribution in [-0.4, -0.2) is 28.7 Å². The van der Waals surface area contributed by atoms with Crippen LogP contribution in [0, 0.1) is 0 Å². The number of carbonyl (C=O) groups excluding carboxylic acids is 1. The molecule has 0 fully saturated rings. The number of rotatable bonds is 7. The van der Waals surface area contributed by atoms with Crippen molar-refractivity contribution in [3.63, 3.8) is 0 Å². The number of halogens is 2. The van der Waals surface area contributed by atoms with Crippen LogP contribution in [0.5, 0.6) is 11.6 Å². The third-order valence-electron chi connectivity index (χ3n) is 2.96. The quantitative estimate of drug-likeness (QED) is 0.804. The first-order valence-corrected chi connectivity index (χ1v) is 8.65. The topological polar surface area (TPSA) is 64.1 Å². The van der Waals surface area contributed by atoms with Gasteiger partial charge in [-0.2, -0.15) is 13.8 Å². The Morgan fingerprint density at radius 2 is 2.08 bits per heavy atom. The Bertz CT molecular complexity index is 749. The van der Waals surface area contributed by atoms with Gasteiger partial charge < -0.3 is 10.1 Å². The highest BCUT2D eigenvalue weighted by molar-refractivity contribution is 8.01. The summed E-state index contributed by atoms with van der Waals surface area (Å²) < 4.78 is 32.5. The summed E-state index contributed by atoms with van der Waals surface area (Å²) in [4.78, 5) is 19.6. The first-order valence-electron chi connectivity index (χ1n) is 7.36. The molecule has 1 heterocycles. The average Bonchev–Trinajstić information content (AvgIpc) is 2.58. The van der Waals surface area contributed by atoms with Crippen molar-refractivity contribution in [2.45, 2.75) is 12.8 Å². The summed E-state index contributed by atoms with van der Waals surface area (Å²) in [5, 5.41) is 4.45. The number of para-hydroxylation sites is 1. The third kappa shape index (κ3) is 5.53. The van der Waals surface area contributed by atoms with E-state index < -0.39 is 17.7 Å².